The zero-order valence-corrected chi connectivity index (χ0v) is 15.6. The van der Waals surface area contributed by atoms with Gasteiger partial charge >= 0.3 is 6.03 Å². The van der Waals surface area contributed by atoms with E-state index < -0.39 is 5.54 Å². The molecule has 1 N–H and O–H groups in total. The molecule has 1 spiro atoms. The first kappa shape index (κ1) is 17.2. The molecule has 136 valence electrons. The van der Waals surface area contributed by atoms with E-state index in [0.717, 1.165) is 10.0 Å². The van der Waals surface area contributed by atoms with Gasteiger partial charge in [0.15, 0.2) is 0 Å². The first-order valence-electron chi connectivity index (χ1n) is 8.41. The molecule has 0 radical (unpaired) electrons. The summed E-state index contributed by atoms with van der Waals surface area (Å²) in [5.41, 5.74) is 0.846. The second-order valence-electron chi connectivity index (χ2n) is 6.55. The molecule has 3 amide bonds. The van der Waals surface area contributed by atoms with E-state index in [2.05, 4.69) is 31.6 Å². The van der Waals surface area contributed by atoms with Gasteiger partial charge in [-0.3, -0.25) is 9.69 Å². The quantitative estimate of drug-likeness (QED) is 0.761. The highest BCUT2D eigenvalue weighted by Gasteiger charge is 2.51. The molecule has 1 aromatic carbocycles. The number of carbonyl (C=O) groups is 2. The van der Waals surface area contributed by atoms with Crippen molar-refractivity contribution in [3.63, 3.8) is 0 Å². The summed E-state index contributed by atoms with van der Waals surface area (Å²) >= 11 is 3.41. The Kier molecular flexibility index (Phi) is 4.49. The zero-order chi connectivity index (χ0) is 18.1. The number of aromatic nitrogens is 3. The molecule has 2 fully saturated rings. The highest BCUT2D eigenvalue weighted by atomic mass is 79.9. The molecule has 0 saturated carbocycles. The lowest BCUT2D eigenvalue weighted by Gasteiger charge is -2.30. The van der Waals surface area contributed by atoms with Gasteiger partial charge in [-0.2, -0.15) is 0 Å². The van der Waals surface area contributed by atoms with Gasteiger partial charge in [0.25, 0.3) is 5.91 Å². The number of hydrogen-bond donors (Lipinski definition) is 1. The molecule has 4 rings (SSSR count). The molecular formula is C17H18BrN5O3. The van der Waals surface area contributed by atoms with E-state index >= 15 is 0 Å². The predicted octanol–water partition coefficient (Wildman–Crippen LogP) is 1.69. The van der Waals surface area contributed by atoms with Gasteiger partial charge in [0.1, 0.15) is 11.2 Å². The lowest BCUT2D eigenvalue weighted by molar-refractivity contribution is -0.135. The summed E-state index contributed by atoms with van der Waals surface area (Å²) in [5, 5.41) is 11.0. The fourth-order valence-electron chi connectivity index (χ4n) is 3.31. The van der Waals surface area contributed by atoms with Crippen molar-refractivity contribution in [1.29, 1.82) is 0 Å². The fourth-order valence-corrected chi connectivity index (χ4v) is 3.57. The molecule has 0 atom stereocenters. The van der Waals surface area contributed by atoms with Crippen molar-refractivity contribution in [2.75, 3.05) is 13.2 Å². The van der Waals surface area contributed by atoms with Gasteiger partial charge in [0.05, 0.1) is 19.3 Å². The third-order valence-corrected chi connectivity index (χ3v) is 5.28. The molecule has 0 bridgehead atoms. The molecule has 3 heterocycles. The van der Waals surface area contributed by atoms with Crippen molar-refractivity contribution in [3.05, 3.63) is 46.2 Å². The number of ether oxygens (including phenoxy) is 1. The van der Waals surface area contributed by atoms with Crippen molar-refractivity contribution in [2.24, 2.45) is 0 Å². The van der Waals surface area contributed by atoms with Crippen molar-refractivity contribution in [3.8, 4) is 0 Å². The molecule has 2 saturated heterocycles. The summed E-state index contributed by atoms with van der Waals surface area (Å²) in [6, 6.07) is 7.55. The summed E-state index contributed by atoms with van der Waals surface area (Å²) in [6.07, 6.45) is 2.77. The zero-order valence-electron chi connectivity index (χ0n) is 14.0. The normalized spacial score (nSPS) is 19.2. The Balaban J connectivity index is 1.44. The molecule has 8 nitrogen and oxygen atoms in total. The Morgan fingerprint density at radius 1 is 1.15 bits per heavy atom. The summed E-state index contributed by atoms with van der Waals surface area (Å²) in [4.78, 5) is 26.3. The lowest BCUT2D eigenvalue weighted by atomic mass is 9.90. The Bertz CT molecular complexity index is 829. The van der Waals surface area contributed by atoms with Crippen LogP contribution in [0, 0.1) is 0 Å². The minimum absolute atomic E-state index is 0.119. The molecule has 2 aliphatic rings. The molecule has 0 unspecified atom stereocenters. The van der Waals surface area contributed by atoms with E-state index in [9.17, 15) is 9.59 Å². The van der Waals surface area contributed by atoms with Crippen LogP contribution in [0.3, 0.4) is 0 Å². The average Bonchev–Trinajstić information content (AvgIpc) is 3.16. The maximum absolute atomic E-state index is 12.8. The van der Waals surface area contributed by atoms with Gasteiger partial charge in [-0.05, 0) is 17.7 Å². The molecule has 1 aromatic heterocycles. The largest absolute Gasteiger partial charge is 0.381 e. The van der Waals surface area contributed by atoms with Gasteiger partial charge < -0.3 is 10.1 Å². The summed E-state index contributed by atoms with van der Waals surface area (Å²) in [7, 11) is 0. The molecule has 0 aliphatic carbocycles. The fraction of sp³-hybridized carbons (Fsp3) is 0.412. The number of nitrogens with one attached hydrogen (secondary N) is 1. The Morgan fingerprint density at radius 3 is 2.62 bits per heavy atom. The van der Waals surface area contributed by atoms with Crippen LogP contribution in [0.25, 0.3) is 0 Å². The van der Waals surface area contributed by atoms with Gasteiger partial charge in [0.2, 0.25) is 0 Å². The van der Waals surface area contributed by atoms with Crippen LogP contribution >= 0.6 is 15.9 Å². The maximum Gasteiger partial charge on any atom is 0.325 e. The van der Waals surface area contributed by atoms with Crippen molar-refractivity contribution < 1.29 is 14.3 Å². The highest BCUT2D eigenvalue weighted by Crippen LogP contribution is 2.29. The number of benzene rings is 1. The van der Waals surface area contributed by atoms with E-state index in [-0.39, 0.29) is 18.5 Å². The predicted molar refractivity (Wildman–Crippen MR) is 95.1 cm³/mol. The molecule has 9 heteroatoms. The van der Waals surface area contributed by atoms with Gasteiger partial charge in [0, 0.05) is 30.5 Å². The summed E-state index contributed by atoms with van der Waals surface area (Å²) < 4.78 is 8.02. The van der Waals surface area contributed by atoms with Crippen LogP contribution in [0.5, 0.6) is 0 Å². The molecule has 2 aliphatic heterocycles. The Hall–Kier alpha value is -2.26. The number of amides is 3. The molecule has 26 heavy (non-hydrogen) atoms. The monoisotopic (exact) mass is 419 g/mol. The first-order chi connectivity index (χ1) is 12.6. The van der Waals surface area contributed by atoms with Gasteiger partial charge in [-0.15, -0.1) is 5.10 Å². The maximum atomic E-state index is 12.8. The van der Waals surface area contributed by atoms with E-state index in [1.807, 2.05) is 24.3 Å². The SMILES string of the molecule is O=C1NC2(CCOCC2)C(=O)N1Cc1cn(Cc2ccc(Br)cc2)nn1. The van der Waals surface area contributed by atoms with Crippen LogP contribution in [0.4, 0.5) is 4.79 Å². The molecule has 2 aromatic rings. The van der Waals surface area contributed by atoms with Crippen LogP contribution < -0.4 is 5.32 Å². The van der Waals surface area contributed by atoms with Gasteiger partial charge in [-0.1, -0.05) is 33.3 Å². The number of carbonyl (C=O) groups excluding carboxylic acids is 2. The van der Waals surface area contributed by atoms with Crippen molar-refractivity contribution in [1.82, 2.24) is 25.2 Å². The highest BCUT2D eigenvalue weighted by molar-refractivity contribution is 9.10. The van der Waals surface area contributed by atoms with Crippen LogP contribution in [-0.4, -0.2) is 50.6 Å². The minimum atomic E-state index is -0.817. The summed E-state index contributed by atoms with van der Waals surface area (Å²) in [6.45, 7) is 1.64. The van der Waals surface area contributed by atoms with E-state index in [1.165, 1.54) is 4.90 Å². The van der Waals surface area contributed by atoms with E-state index in [0.29, 0.717) is 38.3 Å². The summed E-state index contributed by atoms with van der Waals surface area (Å²) in [5.74, 6) is -0.201. The number of rotatable bonds is 4. The van der Waals surface area contributed by atoms with Gasteiger partial charge in [-0.25, -0.2) is 9.48 Å². The number of urea groups is 1. The van der Waals surface area contributed by atoms with Crippen LogP contribution in [0.15, 0.2) is 34.9 Å². The average molecular weight is 420 g/mol. The van der Waals surface area contributed by atoms with Crippen molar-refractivity contribution in [2.45, 2.75) is 31.5 Å². The first-order valence-corrected chi connectivity index (χ1v) is 9.20. The standard InChI is InChI=1S/C17H18BrN5O3/c18-13-3-1-12(2-4-13)9-22-10-14(20-21-22)11-23-15(24)17(19-16(23)25)5-7-26-8-6-17/h1-4,10H,5-9,11H2,(H,19,25). The topological polar surface area (TPSA) is 89.4 Å². The number of hydrogen-bond acceptors (Lipinski definition) is 5. The smallest absolute Gasteiger partial charge is 0.325 e. The molecular weight excluding hydrogens is 402 g/mol. The lowest BCUT2D eigenvalue weighted by Crippen LogP contribution is -2.51. The van der Waals surface area contributed by atoms with E-state index in [4.69, 9.17) is 4.74 Å². The van der Waals surface area contributed by atoms with Crippen LogP contribution in [0.1, 0.15) is 24.1 Å². The van der Waals surface area contributed by atoms with E-state index in [1.54, 1.807) is 10.9 Å². The number of imide groups is 1. The minimum Gasteiger partial charge on any atom is -0.381 e. The Labute approximate surface area is 158 Å². The Morgan fingerprint density at radius 2 is 1.88 bits per heavy atom. The third kappa shape index (κ3) is 3.24. The van der Waals surface area contributed by atoms with Crippen LogP contribution in [0.2, 0.25) is 0 Å². The second-order valence-corrected chi connectivity index (χ2v) is 7.47. The number of nitrogens with zero attached hydrogens (tertiary/aromatic N) is 4. The third-order valence-electron chi connectivity index (χ3n) is 4.76. The van der Waals surface area contributed by atoms with Crippen LogP contribution in [-0.2, 0) is 22.6 Å². The number of halogens is 1. The second kappa shape index (κ2) is 6.81. The van der Waals surface area contributed by atoms with Crippen molar-refractivity contribution >= 4 is 27.9 Å².